The number of nitrogens with one attached hydrogen (secondary N) is 1. The third kappa shape index (κ3) is 1.83. The number of carbonyl (C=O) groups excluding carboxylic acids is 2. The molecule has 0 atom stereocenters. The zero-order valence-electron chi connectivity index (χ0n) is 8.34. The van der Waals surface area contributed by atoms with Crippen molar-refractivity contribution >= 4 is 40.7 Å². The SMILES string of the molecule is O=C1Nc2cc(Sc3ncns3)ccc2C1=O. The molecule has 84 valence electrons. The molecular formula is C10H5N3O2S2. The van der Waals surface area contributed by atoms with E-state index in [0.29, 0.717) is 11.3 Å². The first-order valence-corrected chi connectivity index (χ1v) is 6.27. The number of rotatable bonds is 2. The summed E-state index contributed by atoms with van der Waals surface area (Å²) in [6.45, 7) is 0. The molecule has 0 saturated heterocycles. The Hall–Kier alpha value is -1.73. The van der Waals surface area contributed by atoms with Gasteiger partial charge in [0.25, 0.3) is 11.7 Å². The molecule has 1 aromatic carbocycles. The standard InChI is InChI=1S/C10H5N3O2S2/c14-8-6-2-1-5(3-7(6)13-9(8)15)16-10-11-4-12-17-10/h1-4H,(H,13,14,15). The zero-order valence-corrected chi connectivity index (χ0v) is 9.97. The Bertz CT molecular complexity index is 610. The van der Waals surface area contributed by atoms with Gasteiger partial charge in [-0.2, -0.15) is 4.37 Å². The summed E-state index contributed by atoms with van der Waals surface area (Å²) >= 11 is 2.74. The van der Waals surface area contributed by atoms with Crippen molar-refractivity contribution in [1.82, 2.24) is 9.36 Å². The first kappa shape index (κ1) is 10.4. The third-order valence-electron chi connectivity index (χ3n) is 2.24. The molecule has 0 unspecified atom stereocenters. The quantitative estimate of drug-likeness (QED) is 0.837. The van der Waals surface area contributed by atoms with Gasteiger partial charge in [-0.1, -0.05) is 11.8 Å². The highest BCUT2D eigenvalue weighted by Crippen LogP contribution is 2.33. The summed E-state index contributed by atoms with van der Waals surface area (Å²) in [6, 6.07) is 5.21. The lowest BCUT2D eigenvalue weighted by atomic mass is 10.1. The molecule has 0 saturated carbocycles. The van der Waals surface area contributed by atoms with E-state index in [1.807, 2.05) is 0 Å². The van der Waals surface area contributed by atoms with Gasteiger partial charge in [0.2, 0.25) is 0 Å². The van der Waals surface area contributed by atoms with Gasteiger partial charge in [0.05, 0.1) is 11.3 Å². The lowest BCUT2D eigenvalue weighted by Gasteiger charge is -2.00. The van der Waals surface area contributed by atoms with Crippen molar-refractivity contribution in [2.75, 3.05) is 5.32 Å². The number of ketones is 1. The maximum atomic E-state index is 11.4. The molecule has 3 rings (SSSR count). The Balaban J connectivity index is 1.93. The van der Waals surface area contributed by atoms with Crippen LogP contribution >= 0.6 is 23.3 Å². The minimum Gasteiger partial charge on any atom is -0.318 e. The highest BCUT2D eigenvalue weighted by Gasteiger charge is 2.27. The van der Waals surface area contributed by atoms with Crippen LogP contribution in [0.1, 0.15) is 10.4 Å². The van der Waals surface area contributed by atoms with Crippen molar-refractivity contribution in [3.63, 3.8) is 0 Å². The number of Topliss-reactive ketones (excluding diaryl/α,β-unsaturated/α-hetero) is 1. The molecule has 2 heterocycles. The molecule has 17 heavy (non-hydrogen) atoms. The normalized spacial score (nSPS) is 13.6. The zero-order chi connectivity index (χ0) is 11.8. The summed E-state index contributed by atoms with van der Waals surface area (Å²) in [6.07, 6.45) is 1.49. The maximum Gasteiger partial charge on any atom is 0.296 e. The van der Waals surface area contributed by atoms with E-state index in [4.69, 9.17) is 0 Å². The summed E-state index contributed by atoms with van der Waals surface area (Å²) in [4.78, 5) is 27.5. The topological polar surface area (TPSA) is 72.0 Å². The van der Waals surface area contributed by atoms with Crippen LogP contribution in [-0.4, -0.2) is 21.0 Å². The molecule has 1 N–H and O–H groups in total. The van der Waals surface area contributed by atoms with Crippen LogP contribution in [0.25, 0.3) is 0 Å². The highest BCUT2D eigenvalue weighted by atomic mass is 32.2. The van der Waals surface area contributed by atoms with Crippen LogP contribution in [0.4, 0.5) is 5.69 Å². The Kier molecular flexibility index (Phi) is 2.41. The van der Waals surface area contributed by atoms with Gasteiger partial charge in [-0.15, -0.1) is 0 Å². The van der Waals surface area contributed by atoms with E-state index in [1.54, 1.807) is 18.2 Å². The number of carbonyl (C=O) groups is 2. The first-order valence-electron chi connectivity index (χ1n) is 4.68. The van der Waals surface area contributed by atoms with Gasteiger partial charge in [-0.3, -0.25) is 9.59 Å². The van der Waals surface area contributed by atoms with Gasteiger partial charge in [-0.25, -0.2) is 4.98 Å². The monoisotopic (exact) mass is 263 g/mol. The van der Waals surface area contributed by atoms with Crippen molar-refractivity contribution in [3.8, 4) is 0 Å². The van der Waals surface area contributed by atoms with E-state index < -0.39 is 11.7 Å². The van der Waals surface area contributed by atoms with E-state index in [2.05, 4.69) is 14.7 Å². The molecular weight excluding hydrogens is 258 g/mol. The van der Waals surface area contributed by atoms with Gasteiger partial charge in [0.1, 0.15) is 6.33 Å². The number of benzene rings is 1. The maximum absolute atomic E-state index is 11.4. The number of amides is 1. The van der Waals surface area contributed by atoms with Crippen LogP contribution in [0.2, 0.25) is 0 Å². The van der Waals surface area contributed by atoms with Crippen molar-refractivity contribution in [1.29, 1.82) is 0 Å². The van der Waals surface area contributed by atoms with Crippen LogP contribution < -0.4 is 5.32 Å². The molecule has 7 heteroatoms. The summed E-state index contributed by atoms with van der Waals surface area (Å²) in [5, 5.41) is 2.53. The Labute approximate surface area is 104 Å². The molecule has 2 aromatic rings. The number of fused-ring (bicyclic) bond motifs is 1. The summed E-state index contributed by atoms with van der Waals surface area (Å²) in [5.41, 5.74) is 0.992. The van der Waals surface area contributed by atoms with Crippen molar-refractivity contribution < 1.29 is 9.59 Å². The lowest BCUT2D eigenvalue weighted by molar-refractivity contribution is -0.112. The number of aromatic nitrogens is 2. The van der Waals surface area contributed by atoms with Crippen LogP contribution in [0.15, 0.2) is 33.8 Å². The lowest BCUT2D eigenvalue weighted by Crippen LogP contribution is -2.12. The minimum absolute atomic E-state index is 0.427. The molecule has 0 bridgehead atoms. The van der Waals surface area contributed by atoms with E-state index in [0.717, 1.165) is 9.24 Å². The molecule has 0 fully saturated rings. The van der Waals surface area contributed by atoms with Crippen LogP contribution in [0.3, 0.4) is 0 Å². The average molecular weight is 263 g/mol. The third-order valence-corrected chi connectivity index (χ3v) is 3.94. The summed E-state index contributed by atoms with van der Waals surface area (Å²) in [7, 11) is 0. The summed E-state index contributed by atoms with van der Waals surface area (Å²) in [5.74, 6) is -1.05. The second-order valence-electron chi connectivity index (χ2n) is 3.30. The second kappa shape index (κ2) is 3.94. The van der Waals surface area contributed by atoms with Crippen LogP contribution in [0.5, 0.6) is 0 Å². The molecule has 0 spiro atoms. The average Bonchev–Trinajstić information content (AvgIpc) is 2.89. The number of hydrogen-bond donors (Lipinski definition) is 1. The van der Waals surface area contributed by atoms with Gasteiger partial charge in [0.15, 0.2) is 4.34 Å². The minimum atomic E-state index is -0.571. The van der Waals surface area contributed by atoms with Gasteiger partial charge >= 0.3 is 0 Å². The molecule has 1 aliphatic heterocycles. The molecule has 1 aromatic heterocycles. The molecule has 5 nitrogen and oxygen atoms in total. The number of nitrogens with zero attached hydrogens (tertiary/aromatic N) is 2. The predicted octanol–water partition coefficient (Wildman–Crippen LogP) is 1.82. The highest BCUT2D eigenvalue weighted by molar-refractivity contribution is 8.01. The van der Waals surface area contributed by atoms with Gasteiger partial charge < -0.3 is 5.32 Å². The van der Waals surface area contributed by atoms with Crippen LogP contribution in [-0.2, 0) is 4.79 Å². The Morgan fingerprint density at radius 1 is 1.29 bits per heavy atom. The smallest absolute Gasteiger partial charge is 0.296 e. The van der Waals surface area contributed by atoms with E-state index >= 15 is 0 Å². The fraction of sp³-hybridized carbons (Fsp3) is 0. The van der Waals surface area contributed by atoms with E-state index in [1.165, 1.54) is 29.6 Å². The first-order chi connectivity index (χ1) is 8.24. The van der Waals surface area contributed by atoms with Gasteiger partial charge in [0, 0.05) is 4.90 Å². The molecule has 0 radical (unpaired) electrons. The Morgan fingerprint density at radius 2 is 2.18 bits per heavy atom. The predicted molar refractivity (Wildman–Crippen MR) is 63.4 cm³/mol. The van der Waals surface area contributed by atoms with E-state index in [-0.39, 0.29) is 0 Å². The largest absolute Gasteiger partial charge is 0.318 e. The molecule has 1 aliphatic rings. The fourth-order valence-electron chi connectivity index (χ4n) is 1.50. The number of anilines is 1. The van der Waals surface area contributed by atoms with Crippen molar-refractivity contribution in [2.24, 2.45) is 0 Å². The Morgan fingerprint density at radius 3 is 2.94 bits per heavy atom. The molecule has 0 aliphatic carbocycles. The van der Waals surface area contributed by atoms with E-state index in [9.17, 15) is 9.59 Å². The fourth-order valence-corrected chi connectivity index (χ4v) is 2.96. The number of hydrogen-bond acceptors (Lipinski definition) is 6. The van der Waals surface area contributed by atoms with Crippen molar-refractivity contribution in [2.45, 2.75) is 9.24 Å². The second-order valence-corrected chi connectivity index (χ2v) is 5.40. The molecule has 1 amide bonds. The summed E-state index contributed by atoms with van der Waals surface area (Å²) < 4.78 is 4.72. The van der Waals surface area contributed by atoms with Crippen LogP contribution in [0, 0.1) is 0 Å². The van der Waals surface area contributed by atoms with Crippen molar-refractivity contribution in [3.05, 3.63) is 30.1 Å². The van der Waals surface area contributed by atoms with Gasteiger partial charge in [-0.05, 0) is 29.7 Å².